The first-order valence-electron chi connectivity index (χ1n) is 9.78. The molecule has 0 aromatic heterocycles. The molecule has 2 saturated heterocycles. The van der Waals surface area contributed by atoms with Gasteiger partial charge in [0.25, 0.3) is 0 Å². The molecule has 6 heteroatoms. The van der Waals surface area contributed by atoms with Crippen molar-refractivity contribution >= 4 is 13.3 Å². The Morgan fingerprint density at radius 3 is 2.52 bits per heavy atom. The third kappa shape index (κ3) is 3.34. The number of hydrogen-bond donors (Lipinski definition) is 1. The molecule has 2 aliphatic heterocycles. The molecule has 2 bridgehead atoms. The normalized spacial score (nSPS) is 43.5. The molecule has 0 radical (unpaired) electrons. The SMILES string of the molecule is CC1(C)[C@H]2C[C@@H]3OB(CCC[C@]4(C)CCNC4)O[C@]3(C)[C@@H]1C2.O=C=O. The van der Waals surface area contributed by atoms with Crippen LogP contribution in [-0.2, 0) is 18.9 Å². The summed E-state index contributed by atoms with van der Waals surface area (Å²) in [4.78, 5) is 16.2. The van der Waals surface area contributed by atoms with E-state index in [9.17, 15) is 0 Å². The molecule has 2 heterocycles. The highest BCUT2D eigenvalue weighted by Gasteiger charge is 2.67. The molecule has 5 aliphatic rings. The molecule has 3 saturated carbocycles. The Morgan fingerprint density at radius 1 is 1.20 bits per heavy atom. The molecular formula is C19H32BNO4. The first kappa shape index (κ1) is 19.1. The third-order valence-corrected chi connectivity index (χ3v) is 7.68. The van der Waals surface area contributed by atoms with E-state index < -0.39 is 0 Å². The molecule has 0 aromatic rings. The number of carbonyl (C=O) groups excluding carboxylic acids is 2. The number of nitrogens with one attached hydrogen (secondary N) is 1. The van der Waals surface area contributed by atoms with Crippen molar-refractivity contribution in [3.63, 3.8) is 0 Å². The van der Waals surface area contributed by atoms with Gasteiger partial charge in [-0.25, -0.2) is 0 Å². The third-order valence-electron chi connectivity index (χ3n) is 7.68. The summed E-state index contributed by atoms with van der Waals surface area (Å²) in [7, 11) is 0.0445. The molecule has 5 fully saturated rings. The van der Waals surface area contributed by atoms with Gasteiger partial charge < -0.3 is 14.6 Å². The monoisotopic (exact) mass is 349 g/mol. The summed E-state index contributed by atoms with van der Waals surface area (Å²) in [5.74, 6) is 1.53. The van der Waals surface area contributed by atoms with E-state index in [0.717, 1.165) is 12.2 Å². The van der Waals surface area contributed by atoms with Gasteiger partial charge in [0, 0.05) is 6.54 Å². The van der Waals surface area contributed by atoms with Gasteiger partial charge in [-0.1, -0.05) is 27.2 Å². The number of hydrogen-bond acceptors (Lipinski definition) is 5. The van der Waals surface area contributed by atoms with E-state index in [1.807, 2.05) is 0 Å². The fraction of sp³-hybridized carbons (Fsp3) is 0.947. The predicted molar refractivity (Wildman–Crippen MR) is 94.8 cm³/mol. The van der Waals surface area contributed by atoms with Crippen molar-refractivity contribution in [1.29, 1.82) is 0 Å². The topological polar surface area (TPSA) is 64.6 Å². The molecule has 0 amide bonds. The van der Waals surface area contributed by atoms with E-state index in [4.69, 9.17) is 18.9 Å². The molecule has 0 spiro atoms. The Kier molecular flexibility index (Phi) is 5.20. The quantitative estimate of drug-likeness (QED) is 0.791. The molecule has 25 heavy (non-hydrogen) atoms. The van der Waals surface area contributed by atoms with Crippen molar-refractivity contribution < 1.29 is 18.9 Å². The summed E-state index contributed by atoms with van der Waals surface area (Å²) in [6, 6.07) is 0. The van der Waals surface area contributed by atoms with Crippen LogP contribution in [0.25, 0.3) is 0 Å². The standard InChI is InChI=1S/C18H32BNO2.CO2/c1-16(2)13-10-14(16)18(4)15(11-13)21-19(22-18)8-5-6-17(3)7-9-20-12-17;2-1-3/h13-15,20H,5-12H2,1-4H3;/t13-,14-,15+,17-,18-;/m1./s1. The van der Waals surface area contributed by atoms with Crippen LogP contribution >= 0.6 is 0 Å². The molecule has 5 atom stereocenters. The Hall–Kier alpha value is -0.675. The van der Waals surface area contributed by atoms with E-state index in [-0.39, 0.29) is 18.9 Å². The first-order chi connectivity index (χ1) is 11.7. The van der Waals surface area contributed by atoms with E-state index >= 15 is 0 Å². The molecule has 140 valence electrons. The van der Waals surface area contributed by atoms with Crippen molar-refractivity contribution in [2.45, 2.75) is 77.8 Å². The zero-order chi connectivity index (χ0) is 18.3. The maximum Gasteiger partial charge on any atom is 0.457 e. The van der Waals surface area contributed by atoms with Crippen molar-refractivity contribution in [3.05, 3.63) is 0 Å². The van der Waals surface area contributed by atoms with Crippen molar-refractivity contribution in [2.24, 2.45) is 22.7 Å². The molecule has 5 rings (SSSR count). The van der Waals surface area contributed by atoms with Crippen LogP contribution in [0.2, 0.25) is 6.32 Å². The van der Waals surface area contributed by atoms with Crippen molar-refractivity contribution in [2.75, 3.05) is 13.1 Å². The average molecular weight is 349 g/mol. The second-order valence-corrected chi connectivity index (χ2v) is 9.61. The summed E-state index contributed by atoms with van der Waals surface area (Å²) in [6.07, 6.45) is 8.05. The summed E-state index contributed by atoms with van der Waals surface area (Å²) >= 11 is 0. The maximum atomic E-state index is 8.12. The van der Waals surface area contributed by atoms with Gasteiger partial charge in [0.05, 0.1) is 11.7 Å². The van der Waals surface area contributed by atoms with E-state index in [1.54, 1.807) is 0 Å². The fourth-order valence-corrected chi connectivity index (χ4v) is 5.85. The molecule has 5 nitrogen and oxygen atoms in total. The second-order valence-electron chi connectivity index (χ2n) is 9.61. The van der Waals surface area contributed by atoms with Crippen LogP contribution < -0.4 is 5.32 Å². The van der Waals surface area contributed by atoms with Gasteiger partial charge in [-0.2, -0.15) is 9.59 Å². The fourth-order valence-electron chi connectivity index (χ4n) is 5.85. The van der Waals surface area contributed by atoms with E-state index in [0.29, 0.717) is 22.9 Å². The van der Waals surface area contributed by atoms with Crippen LogP contribution in [0.15, 0.2) is 0 Å². The highest BCUT2D eigenvalue weighted by Crippen LogP contribution is 2.65. The van der Waals surface area contributed by atoms with Gasteiger partial charge in [0.15, 0.2) is 0 Å². The van der Waals surface area contributed by atoms with Crippen molar-refractivity contribution in [3.8, 4) is 0 Å². The van der Waals surface area contributed by atoms with E-state index in [2.05, 4.69) is 33.0 Å². The minimum Gasteiger partial charge on any atom is -0.405 e. The minimum atomic E-state index is -0.0261. The molecule has 1 N–H and O–H groups in total. The van der Waals surface area contributed by atoms with Gasteiger partial charge in [-0.05, 0) is 68.1 Å². The summed E-state index contributed by atoms with van der Waals surface area (Å²) < 4.78 is 12.8. The van der Waals surface area contributed by atoms with Gasteiger partial charge in [0.2, 0.25) is 0 Å². The van der Waals surface area contributed by atoms with Crippen molar-refractivity contribution in [1.82, 2.24) is 5.32 Å². The lowest BCUT2D eigenvalue weighted by molar-refractivity contribution is -0.199. The summed E-state index contributed by atoms with van der Waals surface area (Å²) in [6.45, 7) is 12.0. The Balaban J connectivity index is 0.000000569. The van der Waals surface area contributed by atoms with Crippen LogP contribution in [0.1, 0.15) is 59.8 Å². The summed E-state index contributed by atoms with van der Waals surface area (Å²) in [5, 5.41) is 3.50. The lowest BCUT2D eigenvalue weighted by Crippen LogP contribution is -2.65. The largest absolute Gasteiger partial charge is 0.457 e. The smallest absolute Gasteiger partial charge is 0.405 e. The molecule has 0 unspecified atom stereocenters. The van der Waals surface area contributed by atoms with Gasteiger partial charge in [0.1, 0.15) is 0 Å². The van der Waals surface area contributed by atoms with Crippen LogP contribution in [-0.4, -0.2) is 38.1 Å². The Bertz CT molecular complexity index is 528. The lowest BCUT2D eigenvalue weighted by Gasteiger charge is -2.64. The highest BCUT2D eigenvalue weighted by atomic mass is 16.7. The Labute approximate surface area is 151 Å². The maximum absolute atomic E-state index is 8.12. The zero-order valence-electron chi connectivity index (χ0n) is 16.1. The second kappa shape index (κ2) is 6.81. The van der Waals surface area contributed by atoms with Crippen LogP contribution in [0.4, 0.5) is 0 Å². The zero-order valence-corrected chi connectivity index (χ0v) is 16.1. The van der Waals surface area contributed by atoms with Gasteiger partial charge in [-0.15, -0.1) is 0 Å². The minimum absolute atomic E-state index is 0.0261. The van der Waals surface area contributed by atoms with Gasteiger partial charge in [-0.3, -0.25) is 0 Å². The molecular weight excluding hydrogens is 317 g/mol. The van der Waals surface area contributed by atoms with Crippen LogP contribution in [0.3, 0.4) is 0 Å². The Morgan fingerprint density at radius 2 is 1.92 bits per heavy atom. The average Bonchev–Trinajstić information content (AvgIpc) is 3.10. The lowest BCUT2D eigenvalue weighted by atomic mass is 9.43. The van der Waals surface area contributed by atoms with E-state index in [1.165, 1.54) is 45.2 Å². The number of rotatable bonds is 4. The predicted octanol–water partition coefficient (Wildman–Crippen LogP) is 2.91. The summed E-state index contributed by atoms with van der Waals surface area (Å²) in [5.41, 5.74) is 0.924. The molecule has 3 aliphatic carbocycles. The highest BCUT2D eigenvalue weighted by molar-refractivity contribution is 6.45. The van der Waals surface area contributed by atoms with Gasteiger partial charge >= 0.3 is 13.3 Å². The van der Waals surface area contributed by atoms with Crippen LogP contribution in [0.5, 0.6) is 0 Å². The molecule has 0 aromatic carbocycles. The van der Waals surface area contributed by atoms with Crippen LogP contribution in [0, 0.1) is 22.7 Å². The first-order valence-corrected chi connectivity index (χ1v) is 9.78.